The van der Waals surface area contributed by atoms with Crippen molar-refractivity contribution in [2.45, 2.75) is 6.42 Å². The first-order chi connectivity index (χ1) is 10.9. The molecular formula is C15H18F2N2O4. The van der Waals surface area contributed by atoms with Gasteiger partial charge in [0.05, 0.1) is 6.61 Å². The molecule has 1 aromatic rings. The van der Waals surface area contributed by atoms with Gasteiger partial charge < -0.3 is 20.1 Å². The molecule has 1 aliphatic rings. The number of anilines is 1. The van der Waals surface area contributed by atoms with Gasteiger partial charge in [-0.2, -0.15) is 0 Å². The van der Waals surface area contributed by atoms with E-state index in [0.717, 1.165) is 18.6 Å². The van der Waals surface area contributed by atoms with E-state index in [1.54, 1.807) is 7.11 Å². The molecule has 1 fully saturated rings. The lowest BCUT2D eigenvalue weighted by molar-refractivity contribution is -0.135. The maximum absolute atomic E-state index is 14.1. The quantitative estimate of drug-likeness (QED) is 0.822. The Morgan fingerprint density at radius 1 is 1.39 bits per heavy atom. The molecule has 6 nitrogen and oxygen atoms in total. The number of nitrogens with zero attached hydrogens (tertiary/aromatic N) is 1. The largest absolute Gasteiger partial charge is 0.480 e. The highest BCUT2D eigenvalue weighted by molar-refractivity contribution is 5.96. The van der Waals surface area contributed by atoms with Gasteiger partial charge in [0.1, 0.15) is 23.7 Å². The van der Waals surface area contributed by atoms with Crippen molar-refractivity contribution in [1.82, 2.24) is 5.32 Å². The van der Waals surface area contributed by atoms with E-state index < -0.39 is 35.6 Å². The molecule has 1 saturated heterocycles. The number of rotatable bonds is 6. The van der Waals surface area contributed by atoms with Crippen molar-refractivity contribution in [1.29, 1.82) is 0 Å². The fraction of sp³-hybridized carbons (Fsp3) is 0.467. The molecular weight excluding hydrogens is 310 g/mol. The Morgan fingerprint density at radius 2 is 2.04 bits per heavy atom. The van der Waals surface area contributed by atoms with E-state index >= 15 is 0 Å². The molecule has 2 rings (SSSR count). The van der Waals surface area contributed by atoms with Gasteiger partial charge in [-0.25, -0.2) is 8.78 Å². The smallest absolute Gasteiger partial charge is 0.322 e. The number of carbonyl (C=O) groups excluding carboxylic acids is 1. The number of aliphatic carboxylic acids is 1. The molecule has 1 aromatic carbocycles. The molecule has 1 heterocycles. The molecule has 0 spiro atoms. The van der Waals surface area contributed by atoms with Crippen molar-refractivity contribution < 1.29 is 28.2 Å². The molecule has 23 heavy (non-hydrogen) atoms. The minimum atomic E-state index is -1.29. The molecule has 2 N–H and O–H groups in total. The Bertz CT molecular complexity index is 586. The van der Waals surface area contributed by atoms with Crippen LogP contribution in [0.4, 0.5) is 14.5 Å². The predicted molar refractivity (Wildman–Crippen MR) is 78.5 cm³/mol. The molecule has 126 valence electrons. The second kappa shape index (κ2) is 7.36. The van der Waals surface area contributed by atoms with Gasteiger partial charge in [0, 0.05) is 31.8 Å². The summed E-state index contributed by atoms with van der Waals surface area (Å²) in [4.78, 5) is 23.9. The summed E-state index contributed by atoms with van der Waals surface area (Å²) >= 11 is 0. The average molecular weight is 328 g/mol. The fourth-order valence-electron chi connectivity index (χ4n) is 2.64. The topological polar surface area (TPSA) is 78.9 Å². The molecule has 1 atom stereocenters. The zero-order valence-corrected chi connectivity index (χ0v) is 12.6. The van der Waals surface area contributed by atoms with Gasteiger partial charge in [-0.05, 0) is 18.6 Å². The zero-order valence-electron chi connectivity index (χ0n) is 12.6. The lowest BCUT2D eigenvalue weighted by Gasteiger charge is -2.19. The third-order valence-corrected chi connectivity index (χ3v) is 3.71. The minimum absolute atomic E-state index is 0.296. The van der Waals surface area contributed by atoms with Crippen LogP contribution in [0.25, 0.3) is 0 Å². The number of carboxylic acid groups (broad SMARTS) is 1. The van der Waals surface area contributed by atoms with Gasteiger partial charge in [-0.1, -0.05) is 0 Å². The lowest BCUT2D eigenvalue weighted by atomic mass is 10.1. The molecule has 0 radical (unpaired) electrons. The van der Waals surface area contributed by atoms with E-state index in [4.69, 9.17) is 9.84 Å². The summed E-state index contributed by atoms with van der Waals surface area (Å²) in [5.74, 6) is -4.12. The van der Waals surface area contributed by atoms with Gasteiger partial charge >= 0.3 is 5.97 Å². The van der Waals surface area contributed by atoms with Gasteiger partial charge in [0.15, 0.2) is 0 Å². The van der Waals surface area contributed by atoms with Crippen molar-refractivity contribution in [2.75, 3.05) is 38.3 Å². The number of amides is 1. The first kappa shape index (κ1) is 17.1. The molecule has 0 bridgehead atoms. The van der Waals surface area contributed by atoms with E-state index in [-0.39, 0.29) is 0 Å². The second-order valence-corrected chi connectivity index (χ2v) is 5.42. The van der Waals surface area contributed by atoms with Crippen LogP contribution in [0.3, 0.4) is 0 Å². The summed E-state index contributed by atoms with van der Waals surface area (Å²) in [6, 6.07) is 2.18. The summed E-state index contributed by atoms with van der Waals surface area (Å²) in [7, 11) is 1.60. The number of hydrogen-bond acceptors (Lipinski definition) is 4. The molecule has 0 aliphatic carbocycles. The lowest BCUT2D eigenvalue weighted by Crippen LogP contribution is -2.31. The van der Waals surface area contributed by atoms with E-state index in [2.05, 4.69) is 0 Å². The molecule has 1 amide bonds. The van der Waals surface area contributed by atoms with Crippen molar-refractivity contribution >= 4 is 17.6 Å². The third kappa shape index (κ3) is 4.16. The van der Waals surface area contributed by atoms with Gasteiger partial charge in [-0.3, -0.25) is 9.59 Å². The number of carboxylic acids is 1. The Morgan fingerprint density at radius 3 is 2.61 bits per heavy atom. The van der Waals surface area contributed by atoms with Crippen LogP contribution < -0.4 is 10.2 Å². The summed E-state index contributed by atoms with van der Waals surface area (Å²) in [6.45, 7) is 1.15. The number of hydrogen-bond donors (Lipinski definition) is 2. The van der Waals surface area contributed by atoms with Crippen LogP contribution in [0.15, 0.2) is 12.1 Å². The fourth-order valence-corrected chi connectivity index (χ4v) is 2.64. The molecule has 8 heteroatoms. The highest BCUT2D eigenvalue weighted by Gasteiger charge is 2.26. The van der Waals surface area contributed by atoms with Crippen LogP contribution in [-0.4, -0.2) is 50.3 Å². The first-order valence-electron chi connectivity index (χ1n) is 7.15. The van der Waals surface area contributed by atoms with Crippen molar-refractivity contribution in [3.8, 4) is 0 Å². The highest BCUT2D eigenvalue weighted by atomic mass is 19.1. The third-order valence-electron chi connectivity index (χ3n) is 3.71. The average Bonchev–Trinajstić information content (AvgIpc) is 2.93. The summed E-state index contributed by atoms with van der Waals surface area (Å²) in [5.41, 5.74) is -0.420. The van der Waals surface area contributed by atoms with Gasteiger partial charge in [-0.15, -0.1) is 0 Å². The Labute approximate surface area is 132 Å². The van der Waals surface area contributed by atoms with E-state index in [0.29, 0.717) is 31.3 Å². The van der Waals surface area contributed by atoms with Crippen molar-refractivity contribution in [3.63, 3.8) is 0 Å². The number of carbonyl (C=O) groups is 2. The number of halogens is 2. The van der Waals surface area contributed by atoms with E-state index in [1.165, 1.54) is 0 Å². The zero-order chi connectivity index (χ0) is 17.0. The SMILES string of the molecule is COCC1CCN(c2cc(F)c(C(=O)NCC(=O)O)c(F)c2)C1. The standard InChI is InChI=1S/C15H18F2N2O4/c1-23-8-9-2-3-19(7-9)10-4-11(16)14(12(17)5-10)15(22)18-6-13(20)21/h4-5,9H,2-3,6-8H2,1H3,(H,18,22)(H,20,21). The molecule has 1 aliphatic heterocycles. The second-order valence-electron chi connectivity index (χ2n) is 5.42. The van der Waals surface area contributed by atoms with Crippen molar-refractivity contribution in [3.05, 3.63) is 29.3 Å². The number of benzene rings is 1. The Balaban J connectivity index is 2.14. The summed E-state index contributed by atoms with van der Waals surface area (Å²) < 4.78 is 33.2. The van der Waals surface area contributed by atoms with Crippen LogP contribution >= 0.6 is 0 Å². The van der Waals surface area contributed by atoms with Crippen molar-refractivity contribution in [2.24, 2.45) is 5.92 Å². The summed E-state index contributed by atoms with van der Waals surface area (Å²) in [5, 5.41) is 10.4. The van der Waals surface area contributed by atoms with Crippen LogP contribution in [0.2, 0.25) is 0 Å². The normalized spacial score (nSPS) is 17.3. The molecule has 1 unspecified atom stereocenters. The minimum Gasteiger partial charge on any atom is -0.480 e. The van der Waals surface area contributed by atoms with Crippen LogP contribution in [0.5, 0.6) is 0 Å². The van der Waals surface area contributed by atoms with E-state index in [9.17, 15) is 18.4 Å². The summed E-state index contributed by atoms with van der Waals surface area (Å²) in [6.07, 6.45) is 0.859. The number of nitrogens with one attached hydrogen (secondary N) is 1. The molecule has 0 saturated carbocycles. The maximum Gasteiger partial charge on any atom is 0.322 e. The van der Waals surface area contributed by atoms with Gasteiger partial charge in [0.2, 0.25) is 0 Å². The Kier molecular flexibility index (Phi) is 5.49. The molecule has 0 aromatic heterocycles. The van der Waals surface area contributed by atoms with E-state index in [1.807, 2.05) is 10.2 Å². The maximum atomic E-state index is 14.1. The highest BCUT2D eigenvalue weighted by Crippen LogP contribution is 2.27. The first-order valence-corrected chi connectivity index (χ1v) is 7.15. The van der Waals surface area contributed by atoms with Crippen LogP contribution in [-0.2, 0) is 9.53 Å². The monoisotopic (exact) mass is 328 g/mol. The predicted octanol–water partition coefficient (Wildman–Crippen LogP) is 1.25. The van der Waals surface area contributed by atoms with Gasteiger partial charge in [0.25, 0.3) is 5.91 Å². The number of methoxy groups -OCH3 is 1. The Hall–Kier alpha value is -2.22. The van der Waals surface area contributed by atoms with Crippen LogP contribution in [0.1, 0.15) is 16.8 Å². The van der Waals surface area contributed by atoms with Crippen LogP contribution in [0, 0.1) is 17.6 Å². The number of ether oxygens (including phenoxy) is 1.